The first kappa shape index (κ1) is 43.7. The van der Waals surface area contributed by atoms with E-state index < -0.39 is 19.5 Å². The van der Waals surface area contributed by atoms with Gasteiger partial charge in [0.05, 0.1) is 40.0 Å². The third-order valence-electron chi connectivity index (χ3n) is 7.56. The van der Waals surface area contributed by atoms with Crippen LogP contribution in [-0.2, 0) is 23.1 Å². The van der Waals surface area contributed by atoms with Gasteiger partial charge in [-0.25, -0.2) is 4.57 Å². The zero-order valence-corrected chi connectivity index (χ0v) is 31.2. The highest BCUT2D eigenvalue weighted by molar-refractivity contribution is 7.47. The summed E-state index contributed by atoms with van der Waals surface area (Å²) in [6, 6.07) is 0. The van der Waals surface area contributed by atoms with E-state index in [4.69, 9.17) is 18.5 Å². The van der Waals surface area contributed by atoms with E-state index in [-0.39, 0.29) is 13.2 Å². The third kappa shape index (κ3) is 34.6. The summed E-state index contributed by atoms with van der Waals surface area (Å²) in [5.41, 5.74) is -0.413. The molecule has 0 aliphatic carbocycles. The highest BCUT2D eigenvalue weighted by atomic mass is 31.2. The van der Waals surface area contributed by atoms with Crippen molar-refractivity contribution < 1.29 is 32.5 Å². The van der Waals surface area contributed by atoms with Gasteiger partial charge in [-0.05, 0) is 52.9 Å². The summed E-state index contributed by atoms with van der Waals surface area (Å²) in [5, 5.41) is 0. The smallest absolute Gasteiger partial charge is 0.379 e. The van der Waals surface area contributed by atoms with E-state index in [0.717, 1.165) is 12.8 Å². The zero-order chi connectivity index (χ0) is 33.0. The van der Waals surface area contributed by atoms with Crippen LogP contribution in [0.4, 0.5) is 0 Å². The molecule has 0 aliphatic heterocycles. The molecule has 0 saturated carbocycles. The van der Waals surface area contributed by atoms with Crippen LogP contribution in [0.2, 0.25) is 0 Å². The van der Waals surface area contributed by atoms with Gasteiger partial charge >= 0.3 is 7.82 Å². The molecule has 0 spiro atoms. The van der Waals surface area contributed by atoms with Gasteiger partial charge in [-0.3, -0.25) is 9.05 Å². The van der Waals surface area contributed by atoms with Crippen LogP contribution in [0.1, 0.15) is 156 Å². The molecule has 0 rings (SSSR count). The Labute approximate surface area is 274 Å². The quantitative estimate of drug-likeness (QED) is 0.0339. The van der Waals surface area contributed by atoms with Gasteiger partial charge in [-0.15, -0.1) is 0 Å². The normalized spacial score (nSPS) is 14.8. The van der Waals surface area contributed by atoms with Crippen LogP contribution in [0, 0.1) is 0 Å². The molecule has 0 amide bonds. The van der Waals surface area contributed by atoms with Gasteiger partial charge < -0.3 is 18.9 Å². The second kappa shape index (κ2) is 27.8. The van der Waals surface area contributed by atoms with Gasteiger partial charge in [-0.1, -0.05) is 115 Å². The number of hydrogen-bond acceptors (Lipinski definition) is 5. The Morgan fingerprint density at radius 1 is 0.659 bits per heavy atom. The molecule has 0 radical (unpaired) electrons. The molecule has 0 bridgehead atoms. The molecule has 1 unspecified atom stereocenters. The second-order valence-corrected chi connectivity index (χ2v) is 16.1. The van der Waals surface area contributed by atoms with Gasteiger partial charge in [0.2, 0.25) is 0 Å². The average Bonchev–Trinajstić information content (AvgIpc) is 2.92. The van der Waals surface area contributed by atoms with Crippen LogP contribution in [0.5, 0.6) is 0 Å². The number of nitrogens with zero attached hydrogens (tertiary/aromatic N) is 1. The SMILES string of the molecule is CCCCCCCCCCCCCC=CCCCCCCCCCOC[C@H](COP(=O)(O)OCC[N+](C)(C)C)OC(C)(C)C. The fourth-order valence-corrected chi connectivity index (χ4v) is 5.73. The third-order valence-corrected chi connectivity index (χ3v) is 8.55. The van der Waals surface area contributed by atoms with Gasteiger partial charge in [0.15, 0.2) is 0 Å². The Kier molecular flexibility index (Phi) is 27.6. The fourth-order valence-electron chi connectivity index (χ4n) is 4.99. The molecule has 264 valence electrons. The Hall–Kier alpha value is -0.270. The summed E-state index contributed by atoms with van der Waals surface area (Å²) in [4.78, 5) is 10.0. The minimum absolute atomic E-state index is 0.0516. The molecule has 0 aromatic heterocycles. The Morgan fingerprint density at radius 3 is 1.57 bits per heavy atom. The summed E-state index contributed by atoms with van der Waals surface area (Å²) in [6.07, 6.45) is 31.0. The summed E-state index contributed by atoms with van der Waals surface area (Å²) in [7, 11) is 1.86. The van der Waals surface area contributed by atoms with Crippen LogP contribution in [0.3, 0.4) is 0 Å². The summed E-state index contributed by atoms with van der Waals surface area (Å²) >= 11 is 0. The number of likely N-dealkylation sites (N-methyl/N-ethyl adjacent to an activating group) is 1. The van der Waals surface area contributed by atoms with Crippen molar-refractivity contribution in [2.75, 3.05) is 54.1 Å². The Morgan fingerprint density at radius 2 is 1.11 bits per heavy atom. The lowest BCUT2D eigenvalue weighted by Crippen LogP contribution is -2.37. The molecule has 1 N–H and O–H groups in total. The highest BCUT2D eigenvalue weighted by Crippen LogP contribution is 2.43. The number of allylic oxidation sites excluding steroid dienone is 2. The lowest BCUT2D eigenvalue weighted by atomic mass is 10.0. The maximum Gasteiger partial charge on any atom is 0.472 e. The molecule has 0 aliphatic rings. The van der Waals surface area contributed by atoms with Crippen molar-refractivity contribution >= 4 is 7.82 Å². The van der Waals surface area contributed by atoms with Crippen molar-refractivity contribution in [3.63, 3.8) is 0 Å². The Balaban J connectivity index is 3.71. The molecule has 2 atom stereocenters. The van der Waals surface area contributed by atoms with Crippen molar-refractivity contribution in [1.82, 2.24) is 0 Å². The lowest BCUT2D eigenvalue weighted by molar-refractivity contribution is -0.870. The summed E-state index contributed by atoms with van der Waals surface area (Å²) in [5.74, 6) is 0. The number of hydrogen-bond donors (Lipinski definition) is 1. The largest absolute Gasteiger partial charge is 0.472 e. The van der Waals surface area contributed by atoms with E-state index in [2.05, 4.69) is 19.1 Å². The fraction of sp³-hybridized carbons (Fsp3) is 0.944. The molecule has 0 aromatic rings. The predicted octanol–water partition coefficient (Wildman–Crippen LogP) is 10.4. The van der Waals surface area contributed by atoms with E-state index in [0.29, 0.717) is 24.2 Å². The maximum absolute atomic E-state index is 12.3. The van der Waals surface area contributed by atoms with Crippen LogP contribution >= 0.6 is 7.82 Å². The van der Waals surface area contributed by atoms with Gasteiger partial charge in [-0.2, -0.15) is 0 Å². The monoisotopic (exact) mass is 649 g/mol. The summed E-state index contributed by atoms with van der Waals surface area (Å²) < 4.78 is 35.1. The number of unbranched alkanes of at least 4 members (excludes halogenated alkanes) is 18. The number of phosphoric acid groups is 1. The Bertz CT molecular complexity index is 704. The molecular formula is C36H75NO6P+. The van der Waals surface area contributed by atoms with E-state index >= 15 is 0 Å². The second-order valence-electron chi connectivity index (χ2n) is 14.6. The van der Waals surface area contributed by atoms with E-state index in [9.17, 15) is 9.46 Å². The first-order valence-corrected chi connectivity index (χ1v) is 19.7. The molecule has 0 fully saturated rings. The van der Waals surface area contributed by atoms with Crippen LogP contribution < -0.4 is 0 Å². The van der Waals surface area contributed by atoms with Gasteiger partial charge in [0, 0.05) is 6.61 Å². The van der Waals surface area contributed by atoms with Crippen LogP contribution in [0.15, 0.2) is 12.2 Å². The molecule has 0 aromatic carbocycles. The minimum Gasteiger partial charge on any atom is -0.379 e. The minimum atomic E-state index is -4.13. The van der Waals surface area contributed by atoms with Gasteiger partial charge in [0.25, 0.3) is 0 Å². The molecule has 0 saturated heterocycles. The standard InChI is InChI=1S/C36H74NO6P/c1-8-9-10-11-12-13-14-15-16-17-18-19-20-21-22-23-24-25-26-27-28-29-31-40-33-35(43-36(2,3)4)34-42-44(38,39)41-32-30-37(5,6)7/h20-21,35H,8-19,22-34H2,1-7H3/p+1/t35-/m1/s1. The predicted molar refractivity (Wildman–Crippen MR) is 187 cm³/mol. The number of rotatable bonds is 32. The van der Waals surface area contributed by atoms with Gasteiger partial charge in [0.1, 0.15) is 19.3 Å². The number of quaternary nitrogens is 1. The molecule has 7 nitrogen and oxygen atoms in total. The molecule has 44 heavy (non-hydrogen) atoms. The molecule has 8 heteroatoms. The average molecular weight is 649 g/mol. The summed E-state index contributed by atoms with van der Waals surface area (Å²) in [6.45, 7) is 9.82. The van der Waals surface area contributed by atoms with Crippen LogP contribution in [0.25, 0.3) is 0 Å². The van der Waals surface area contributed by atoms with E-state index in [1.807, 2.05) is 41.9 Å². The number of ether oxygens (including phenoxy) is 2. The maximum atomic E-state index is 12.3. The number of phosphoric ester groups is 1. The first-order chi connectivity index (χ1) is 20.8. The van der Waals surface area contributed by atoms with E-state index in [1.165, 1.54) is 116 Å². The van der Waals surface area contributed by atoms with Crippen molar-refractivity contribution in [2.24, 2.45) is 0 Å². The van der Waals surface area contributed by atoms with Crippen molar-refractivity contribution in [3.05, 3.63) is 12.2 Å². The highest BCUT2D eigenvalue weighted by Gasteiger charge is 2.27. The van der Waals surface area contributed by atoms with Crippen molar-refractivity contribution in [2.45, 2.75) is 168 Å². The van der Waals surface area contributed by atoms with Crippen molar-refractivity contribution in [3.8, 4) is 0 Å². The molecule has 0 heterocycles. The molecular weight excluding hydrogens is 573 g/mol. The zero-order valence-electron chi connectivity index (χ0n) is 30.3. The topological polar surface area (TPSA) is 74.2 Å². The van der Waals surface area contributed by atoms with Crippen molar-refractivity contribution in [1.29, 1.82) is 0 Å². The lowest BCUT2D eigenvalue weighted by Gasteiger charge is -2.28. The first-order valence-electron chi connectivity index (χ1n) is 18.2. The van der Waals surface area contributed by atoms with Crippen LogP contribution in [-0.4, -0.2) is 75.2 Å². The van der Waals surface area contributed by atoms with E-state index in [1.54, 1.807) is 0 Å².